The zero-order valence-corrected chi connectivity index (χ0v) is 9.82. The Morgan fingerprint density at radius 3 is 1.94 bits per heavy atom. The van der Waals surface area contributed by atoms with Gasteiger partial charge in [0.1, 0.15) is 0 Å². The molecule has 1 atom stereocenters. The molecule has 0 aromatic carbocycles. The Balaban J connectivity index is 0.00000256. The van der Waals surface area contributed by atoms with Crippen LogP contribution in [0.3, 0.4) is 0 Å². The monoisotopic (exact) mass is 269 g/mol. The summed E-state index contributed by atoms with van der Waals surface area (Å²) in [4.78, 5) is 22.0. The number of rotatable bonds is 1. The quantitative estimate of drug-likeness (QED) is 0.416. The topological polar surface area (TPSA) is 60.2 Å². The Morgan fingerprint density at radius 2 is 1.41 bits per heavy atom. The summed E-state index contributed by atoms with van der Waals surface area (Å²) in [6.45, 7) is 0. The fourth-order valence-electron chi connectivity index (χ4n) is 2.25. The number of Topliss-reactive ketones (excluding diaryl/α,β-unsaturated/α-hetero) is 1. The van der Waals surface area contributed by atoms with E-state index in [9.17, 15) is 14.9 Å². The summed E-state index contributed by atoms with van der Waals surface area (Å²) in [5, 5.41) is 10.8. The van der Waals surface area contributed by atoms with E-state index in [0.717, 1.165) is 38.5 Å². The Bertz CT molecular complexity index is 246. The van der Waals surface area contributed by atoms with E-state index in [0.29, 0.717) is 12.8 Å². The first kappa shape index (κ1) is 17.3. The van der Waals surface area contributed by atoms with Gasteiger partial charge in [-0.25, -0.2) is 0 Å². The van der Waals surface area contributed by atoms with Crippen molar-refractivity contribution in [3.05, 3.63) is 10.1 Å². The van der Waals surface area contributed by atoms with Gasteiger partial charge in [0.15, 0.2) is 0 Å². The van der Waals surface area contributed by atoms with E-state index < -0.39 is 11.0 Å². The third-order valence-electron chi connectivity index (χ3n) is 3.28. The summed E-state index contributed by atoms with van der Waals surface area (Å²) < 4.78 is 0. The molecule has 1 unspecified atom stereocenters. The predicted molar refractivity (Wildman–Crippen MR) is 70.5 cm³/mol. The first-order chi connectivity index (χ1) is 7.72. The molecule has 1 aliphatic carbocycles. The molecule has 4 nitrogen and oxygen atoms in total. The molecule has 1 saturated carbocycles. The molecule has 0 amide bonds. The second-order valence-corrected chi connectivity index (χ2v) is 4.63. The van der Waals surface area contributed by atoms with Gasteiger partial charge >= 0.3 is 37.7 Å². The second kappa shape index (κ2) is 10.3. The molecule has 17 heavy (non-hydrogen) atoms. The molecule has 1 rings (SSSR count). The molecule has 1 aliphatic rings. The number of hydrogen-bond acceptors (Lipinski definition) is 3. The Hall–Kier alpha value is 0.330. The molecular formula is C12H23CaNO3. The van der Waals surface area contributed by atoms with E-state index in [1.54, 1.807) is 0 Å². The van der Waals surface area contributed by atoms with Crippen molar-refractivity contribution < 1.29 is 9.72 Å². The van der Waals surface area contributed by atoms with Gasteiger partial charge in [-0.15, -0.1) is 0 Å². The van der Waals surface area contributed by atoms with Crippen LogP contribution in [-0.4, -0.2) is 54.5 Å². The average molecular weight is 269 g/mol. The van der Waals surface area contributed by atoms with Crippen molar-refractivity contribution in [2.45, 2.75) is 70.3 Å². The zero-order valence-electron chi connectivity index (χ0n) is 9.82. The van der Waals surface area contributed by atoms with Crippen molar-refractivity contribution in [3.8, 4) is 0 Å². The van der Waals surface area contributed by atoms with Crippen molar-refractivity contribution >= 4 is 43.5 Å². The second-order valence-electron chi connectivity index (χ2n) is 4.63. The van der Waals surface area contributed by atoms with Crippen LogP contribution in [0.25, 0.3) is 0 Å². The number of nitrogens with zero attached hydrogens (tertiary/aromatic N) is 1. The van der Waals surface area contributed by atoms with Gasteiger partial charge < -0.3 is 0 Å². The molecule has 0 bridgehead atoms. The summed E-state index contributed by atoms with van der Waals surface area (Å²) in [7, 11) is 0. The Labute approximate surface area is 133 Å². The van der Waals surface area contributed by atoms with Crippen LogP contribution >= 0.6 is 0 Å². The van der Waals surface area contributed by atoms with Crippen molar-refractivity contribution in [2.24, 2.45) is 0 Å². The van der Waals surface area contributed by atoms with E-state index in [1.807, 2.05) is 0 Å². The van der Waals surface area contributed by atoms with Crippen LogP contribution in [0.4, 0.5) is 0 Å². The van der Waals surface area contributed by atoms with Gasteiger partial charge in [-0.3, -0.25) is 14.9 Å². The van der Waals surface area contributed by atoms with E-state index in [4.69, 9.17) is 0 Å². The molecule has 0 spiro atoms. The van der Waals surface area contributed by atoms with Crippen LogP contribution < -0.4 is 0 Å². The molecule has 0 aromatic rings. The van der Waals surface area contributed by atoms with Gasteiger partial charge in [0.2, 0.25) is 5.78 Å². The fraction of sp³-hybridized carbons (Fsp3) is 0.917. The Kier molecular flexibility index (Phi) is 10.5. The molecule has 0 aromatic heterocycles. The fourth-order valence-corrected chi connectivity index (χ4v) is 2.25. The third kappa shape index (κ3) is 7.37. The molecule has 0 heterocycles. The van der Waals surface area contributed by atoms with Crippen LogP contribution in [0.1, 0.15) is 64.2 Å². The first-order valence-electron chi connectivity index (χ1n) is 6.38. The van der Waals surface area contributed by atoms with Crippen LogP contribution in [0.5, 0.6) is 0 Å². The SMILES string of the molecule is O=C1CCCCCCCCCCC1[N+](=O)[O-].[CaH2]. The normalized spacial score (nSPS) is 24.0. The van der Waals surface area contributed by atoms with Gasteiger partial charge in [-0.2, -0.15) is 0 Å². The van der Waals surface area contributed by atoms with Gasteiger partial charge in [0.05, 0.1) is 0 Å². The molecule has 0 saturated heterocycles. The van der Waals surface area contributed by atoms with Crippen molar-refractivity contribution in [3.63, 3.8) is 0 Å². The maximum atomic E-state index is 11.6. The van der Waals surface area contributed by atoms with Crippen molar-refractivity contribution in [1.29, 1.82) is 0 Å². The van der Waals surface area contributed by atoms with E-state index in [2.05, 4.69) is 0 Å². The summed E-state index contributed by atoms with van der Waals surface area (Å²) in [6.07, 6.45) is 9.32. The van der Waals surface area contributed by atoms with Gasteiger partial charge in [0.25, 0.3) is 6.04 Å². The van der Waals surface area contributed by atoms with E-state index >= 15 is 0 Å². The van der Waals surface area contributed by atoms with Crippen LogP contribution in [0, 0.1) is 10.1 Å². The van der Waals surface area contributed by atoms with E-state index in [1.165, 1.54) is 12.8 Å². The summed E-state index contributed by atoms with van der Waals surface area (Å²) >= 11 is 0. The van der Waals surface area contributed by atoms with Crippen molar-refractivity contribution in [1.82, 2.24) is 0 Å². The molecule has 0 radical (unpaired) electrons. The van der Waals surface area contributed by atoms with Gasteiger partial charge in [-0.05, 0) is 12.8 Å². The first-order valence-corrected chi connectivity index (χ1v) is 6.38. The average Bonchev–Trinajstić information content (AvgIpc) is 2.22. The minimum absolute atomic E-state index is 0. The molecule has 0 aliphatic heterocycles. The summed E-state index contributed by atoms with van der Waals surface area (Å²) in [6, 6.07) is -0.931. The van der Waals surface area contributed by atoms with E-state index in [-0.39, 0.29) is 43.5 Å². The van der Waals surface area contributed by atoms with Crippen molar-refractivity contribution in [2.75, 3.05) is 0 Å². The summed E-state index contributed by atoms with van der Waals surface area (Å²) in [5.41, 5.74) is 0. The number of ketones is 1. The number of nitro groups is 1. The van der Waals surface area contributed by atoms with Gasteiger partial charge in [0, 0.05) is 17.8 Å². The number of carbonyl (C=O) groups is 1. The predicted octanol–water partition coefficient (Wildman–Crippen LogP) is 2.20. The summed E-state index contributed by atoms with van der Waals surface area (Å²) in [5.74, 6) is -0.162. The molecule has 0 N–H and O–H groups in total. The zero-order chi connectivity index (χ0) is 11.8. The molecule has 1 fully saturated rings. The van der Waals surface area contributed by atoms with Crippen LogP contribution in [0.15, 0.2) is 0 Å². The molecular weight excluding hydrogens is 246 g/mol. The molecule has 5 heteroatoms. The van der Waals surface area contributed by atoms with Gasteiger partial charge in [-0.1, -0.05) is 38.5 Å². The van der Waals surface area contributed by atoms with Crippen LogP contribution in [0.2, 0.25) is 0 Å². The molecule has 96 valence electrons. The number of hydrogen-bond donors (Lipinski definition) is 0. The third-order valence-corrected chi connectivity index (χ3v) is 3.28. The Morgan fingerprint density at radius 1 is 0.941 bits per heavy atom. The standard InChI is InChI=1S/C12H21NO3.Ca.2H/c14-12-10-8-6-4-2-1-3-5-7-9-11(12)13(15)16;;;/h11H,1-10H2;;;. The maximum absolute atomic E-state index is 11.6. The van der Waals surface area contributed by atoms with Crippen LogP contribution in [-0.2, 0) is 4.79 Å². The number of carbonyl (C=O) groups excluding carboxylic acids is 1. The minimum atomic E-state index is -0.931.